The van der Waals surface area contributed by atoms with E-state index in [1.165, 1.54) is 36.3 Å². The smallest absolute Gasteiger partial charge is 0.308 e. The first-order valence-corrected chi connectivity index (χ1v) is 14.0. The van der Waals surface area contributed by atoms with Gasteiger partial charge in [0.25, 0.3) is 0 Å². The molecule has 0 unspecified atom stereocenters. The maximum atomic E-state index is 15.1. The van der Waals surface area contributed by atoms with Crippen molar-refractivity contribution in [2.24, 2.45) is 11.3 Å². The molecule has 3 aromatic rings. The fourth-order valence-electron chi connectivity index (χ4n) is 6.71. The second kappa shape index (κ2) is 11.0. The van der Waals surface area contributed by atoms with E-state index in [1.807, 2.05) is 25.1 Å². The Morgan fingerprint density at radius 3 is 2.49 bits per heavy atom. The molecule has 0 radical (unpaired) electrons. The third-order valence-electron chi connectivity index (χ3n) is 9.04. The van der Waals surface area contributed by atoms with Gasteiger partial charge in [-0.25, -0.2) is 4.39 Å². The van der Waals surface area contributed by atoms with Crippen molar-refractivity contribution >= 4 is 5.97 Å². The van der Waals surface area contributed by atoms with Gasteiger partial charge in [-0.15, -0.1) is 0 Å². The molecule has 1 saturated carbocycles. The van der Waals surface area contributed by atoms with Gasteiger partial charge in [0.2, 0.25) is 0 Å². The average molecular weight is 531 g/mol. The summed E-state index contributed by atoms with van der Waals surface area (Å²) in [6.45, 7) is 6.99. The lowest BCUT2D eigenvalue weighted by atomic mass is 9.75. The van der Waals surface area contributed by atoms with Gasteiger partial charge in [-0.3, -0.25) is 4.79 Å². The molecule has 0 bridgehead atoms. The van der Waals surface area contributed by atoms with E-state index in [4.69, 9.17) is 14.2 Å². The third kappa shape index (κ3) is 5.41. The molecule has 3 atom stereocenters. The number of aryl methyl sites for hydroxylation is 1. The number of fused-ring (bicyclic) bond motifs is 1. The predicted molar refractivity (Wildman–Crippen MR) is 152 cm³/mol. The topological polar surface area (TPSA) is 44.8 Å². The minimum atomic E-state index is -0.245. The van der Waals surface area contributed by atoms with Crippen LogP contribution in [0.25, 0.3) is 11.1 Å². The Labute approximate surface area is 231 Å². The van der Waals surface area contributed by atoms with Crippen LogP contribution in [-0.4, -0.2) is 20.2 Å². The molecule has 0 aromatic heterocycles. The number of rotatable bonds is 8. The standard InChI is InChI=1S/C34H39FO4/c1-21(33(36)38-5)26-14-10-23-9-11-25(19-28(23)26)39-20-22-8-13-27(30-18-24(37-4)12-15-32(30)35)29(17-22)31-7-6-16-34(31,2)3/h8-9,11-13,15,17-19,21,26,31H,6-7,10,14,16,20H2,1-5H3/t21-,26-,31+/m0/s1. The molecule has 5 rings (SSSR count). The zero-order chi connectivity index (χ0) is 27.7. The summed E-state index contributed by atoms with van der Waals surface area (Å²) in [7, 11) is 3.05. The zero-order valence-corrected chi connectivity index (χ0v) is 23.7. The Bertz CT molecular complexity index is 1360. The lowest BCUT2D eigenvalue weighted by molar-refractivity contribution is -0.145. The second-order valence-corrected chi connectivity index (χ2v) is 11.8. The number of ether oxygens (including phenoxy) is 3. The van der Waals surface area contributed by atoms with Gasteiger partial charge >= 0.3 is 5.97 Å². The molecular weight excluding hydrogens is 491 g/mol. The van der Waals surface area contributed by atoms with Crippen molar-refractivity contribution < 1.29 is 23.4 Å². The van der Waals surface area contributed by atoms with Crippen LogP contribution in [0.3, 0.4) is 0 Å². The fourth-order valence-corrected chi connectivity index (χ4v) is 6.71. The highest BCUT2D eigenvalue weighted by Crippen LogP contribution is 2.51. The third-order valence-corrected chi connectivity index (χ3v) is 9.04. The van der Waals surface area contributed by atoms with Crippen molar-refractivity contribution in [1.82, 2.24) is 0 Å². The normalized spacial score (nSPS) is 20.4. The molecule has 0 saturated heterocycles. The summed E-state index contributed by atoms with van der Waals surface area (Å²) < 4.78 is 31.8. The number of esters is 1. The van der Waals surface area contributed by atoms with Crippen molar-refractivity contribution in [3.05, 3.63) is 82.7 Å². The minimum absolute atomic E-state index is 0.134. The fraction of sp³-hybridized carbons (Fsp3) is 0.441. The van der Waals surface area contributed by atoms with Gasteiger partial charge in [-0.2, -0.15) is 0 Å². The number of hydrogen-bond donors (Lipinski definition) is 0. The molecule has 4 nitrogen and oxygen atoms in total. The van der Waals surface area contributed by atoms with Crippen molar-refractivity contribution in [2.75, 3.05) is 14.2 Å². The molecule has 0 N–H and O–H groups in total. The van der Waals surface area contributed by atoms with Crippen molar-refractivity contribution in [3.8, 4) is 22.6 Å². The Hall–Kier alpha value is -3.34. The Morgan fingerprint density at radius 1 is 0.974 bits per heavy atom. The number of halogens is 1. The van der Waals surface area contributed by atoms with Crippen LogP contribution in [0.15, 0.2) is 54.6 Å². The van der Waals surface area contributed by atoms with E-state index < -0.39 is 0 Å². The molecule has 39 heavy (non-hydrogen) atoms. The van der Waals surface area contributed by atoms with Crippen molar-refractivity contribution in [1.29, 1.82) is 0 Å². The summed E-state index contributed by atoms with van der Waals surface area (Å²) in [5.41, 5.74) is 6.32. The highest BCUT2D eigenvalue weighted by atomic mass is 19.1. The van der Waals surface area contributed by atoms with E-state index in [0.717, 1.165) is 42.6 Å². The summed E-state index contributed by atoms with van der Waals surface area (Å²) in [4.78, 5) is 12.2. The SMILES string of the molecule is COC(=O)[C@@H](C)[C@@H]1CCc2ccc(OCc3ccc(-c4cc(OC)ccc4F)c([C@H]4CCCC4(C)C)c3)cc21. The van der Waals surface area contributed by atoms with Gasteiger partial charge in [0, 0.05) is 5.56 Å². The Kier molecular flexibility index (Phi) is 7.70. The van der Waals surface area contributed by atoms with Gasteiger partial charge in [-0.05, 0) is 101 Å². The van der Waals surface area contributed by atoms with Gasteiger partial charge in [0.15, 0.2) is 0 Å². The molecule has 206 valence electrons. The highest BCUT2D eigenvalue weighted by molar-refractivity contribution is 5.73. The number of methoxy groups -OCH3 is 2. The maximum absolute atomic E-state index is 15.1. The molecule has 1 fully saturated rings. The second-order valence-electron chi connectivity index (χ2n) is 11.8. The summed E-state index contributed by atoms with van der Waals surface area (Å²) in [6, 6.07) is 17.5. The molecule has 0 spiro atoms. The number of hydrogen-bond acceptors (Lipinski definition) is 4. The first kappa shape index (κ1) is 27.2. The lowest BCUT2D eigenvalue weighted by Crippen LogP contribution is -2.19. The molecular formula is C34H39FO4. The van der Waals surface area contributed by atoms with Crippen LogP contribution in [0.2, 0.25) is 0 Å². The molecule has 2 aliphatic carbocycles. The quantitative estimate of drug-likeness (QED) is 0.275. The molecule has 0 heterocycles. The van der Waals surface area contributed by atoms with Gasteiger partial charge < -0.3 is 14.2 Å². The van der Waals surface area contributed by atoms with E-state index >= 15 is 4.39 Å². The van der Waals surface area contributed by atoms with E-state index in [0.29, 0.717) is 23.8 Å². The van der Waals surface area contributed by atoms with Gasteiger partial charge in [0.05, 0.1) is 20.1 Å². The molecule has 5 heteroatoms. The van der Waals surface area contributed by atoms with Crippen LogP contribution in [0.1, 0.15) is 80.5 Å². The number of carbonyl (C=O) groups excluding carboxylic acids is 1. The van der Waals surface area contributed by atoms with E-state index in [-0.39, 0.29) is 29.0 Å². The molecule has 0 amide bonds. The van der Waals surface area contributed by atoms with Crippen molar-refractivity contribution in [2.45, 2.75) is 71.3 Å². The van der Waals surface area contributed by atoms with Crippen LogP contribution in [0.4, 0.5) is 4.39 Å². The van der Waals surface area contributed by atoms with Crippen molar-refractivity contribution in [3.63, 3.8) is 0 Å². The predicted octanol–water partition coefficient (Wildman–Crippen LogP) is 8.21. The van der Waals surface area contributed by atoms with Gasteiger partial charge in [-0.1, -0.05) is 51.5 Å². The van der Waals surface area contributed by atoms with E-state index in [2.05, 4.69) is 32.0 Å². The average Bonchev–Trinajstić information content (AvgIpc) is 3.53. The molecule has 2 aliphatic rings. The largest absolute Gasteiger partial charge is 0.497 e. The van der Waals surface area contributed by atoms with Crippen LogP contribution in [0, 0.1) is 17.2 Å². The zero-order valence-electron chi connectivity index (χ0n) is 23.7. The summed E-state index contributed by atoms with van der Waals surface area (Å²) >= 11 is 0. The van der Waals surface area contributed by atoms with E-state index in [1.54, 1.807) is 19.2 Å². The van der Waals surface area contributed by atoms with Crippen LogP contribution in [-0.2, 0) is 22.6 Å². The van der Waals surface area contributed by atoms with Crippen LogP contribution < -0.4 is 9.47 Å². The Balaban J connectivity index is 1.43. The van der Waals surface area contributed by atoms with Gasteiger partial charge in [0.1, 0.15) is 23.9 Å². The molecule has 3 aromatic carbocycles. The maximum Gasteiger partial charge on any atom is 0.308 e. The summed E-state index contributed by atoms with van der Waals surface area (Å²) in [6.07, 6.45) is 5.31. The number of benzene rings is 3. The highest BCUT2D eigenvalue weighted by Gasteiger charge is 2.37. The first-order valence-electron chi connectivity index (χ1n) is 14.0. The Morgan fingerprint density at radius 2 is 1.77 bits per heavy atom. The minimum Gasteiger partial charge on any atom is -0.497 e. The van der Waals surface area contributed by atoms with Crippen LogP contribution >= 0.6 is 0 Å². The first-order chi connectivity index (χ1) is 18.7. The van der Waals surface area contributed by atoms with E-state index in [9.17, 15) is 4.79 Å². The summed E-state index contributed by atoms with van der Waals surface area (Å²) in [5, 5.41) is 0. The lowest BCUT2D eigenvalue weighted by Gasteiger charge is -2.30. The number of carbonyl (C=O) groups is 1. The monoisotopic (exact) mass is 530 g/mol. The van der Waals surface area contributed by atoms with Crippen LogP contribution in [0.5, 0.6) is 11.5 Å². The molecule has 0 aliphatic heterocycles. The summed E-state index contributed by atoms with van der Waals surface area (Å²) in [5.74, 6) is 1.31.